The molecule has 1 aliphatic rings. The summed E-state index contributed by atoms with van der Waals surface area (Å²) in [5, 5.41) is 10.7. The van der Waals surface area contributed by atoms with E-state index in [1.165, 1.54) is 17.0 Å². The van der Waals surface area contributed by atoms with Crippen molar-refractivity contribution in [2.75, 3.05) is 31.1 Å². The van der Waals surface area contributed by atoms with Crippen molar-refractivity contribution in [1.82, 2.24) is 4.90 Å². The summed E-state index contributed by atoms with van der Waals surface area (Å²) in [6.07, 6.45) is 1.21. The van der Waals surface area contributed by atoms with Gasteiger partial charge in [-0.15, -0.1) is 11.3 Å². The molecule has 1 fully saturated rings. The number of anilines is 1. The number of amides is 1. The molecule has 0 radical (unpaired) electrons. The maximum absolute atomic E-state index is 12.5. The monoisotopic (exact) mass is 344 g/mol. The summed E-state index contributed by atoms with van der Waals surface area (Å²) in [5.41, 5.74) is 1.97. The average molecular weight is 344 g/mol. The quantitative estimate of drug-likeness (QED) is 0.926. The lowest BCUT2D eigenvalue weighted by Crippen LogP contribution is -2.36. The standard InChI is InChI=1S/C18H20N2O3S/c21-17(12-14-11-16(18(22)23)24-13-14)20-8-4-7-19(9-10-20)15-5-2-1-3-6-15/h1-3,5-6,11,13H,4,7-10,12H2,(H,22,23). The van der Waals surface area contributed by atoms with Crippen LogP contribution < -0.4 is 4.90 Å². The molecule has 0 unspecified atom stereocenters. The minimum absolute atomic E-state index is 0.0691. The first-order chi connectivity index (χ1) is 11.6. The molecule has 0 atom stereocenters. The Bertz CT molecular complexity index is 714. The number of nitrogens with zero attached hydrogens (tertiary/aromatic N) is 2. The summed E-state index contributed by atoms with van der Waals surface area (Å²) in [6.45, 7) is 3.21. The van der Waals surface area contributed by atoms with E-state index < -0.39 is 5.97 Å². The van der Waals surface area contributed by atoms with Crippen LogP contribution >= 0.6 is 11.3 Å². The maximum Gasteiger partial charge on any atom is 0.345 e. The predicted octanol–water partition coefficient (Wildman–Crippen LogP) is 2.73. The number of para-hydroxylation sites is 1. The van der Waals surface area contributed by atoms with Crippen LogP contribution in [0.15, 0.2) is 41.8 Å². The molecule has 1 N–H and O–H groups in total. The molecule has 0 bridgehead atoms. The number of carboxylic acid groups (broad SMARTS) is 1. The molecule has 5 nitrogen and oxygen atoms in total. The SMILES string of the molecule is O=C(O)c1cc(CC(=O)N2CCCN(c3ccccc3)CC2)cs1. The van der Waals surface area contributed by atoms with Gasteiger partial charge in [0, 0.05) is 31.9 Å². The van der Waals surface area contributed by atoms with Gasteiger partial charge in [0.2, 0.25) is 5.91 Å². The van der Waals surface area contributed by atoms with Gasteiger partial charge in [0.25, 0.3) is 0 Å². The van der Waals surface area contributed by atoms with Crippen LogP contribution in [0.1, 0.15) is 21.7 Å². The van der Waals surface area contributed by atoms with Crippen LogP contribution in [0.4, 0.5) is 5.69 Å². The molecule has 1 amide bonds. The molecule has 24 heavy (non-hydrogen) atoms. The third kappa shape index (κ3) is 3.94. The molecular weight excluding hydrogens is 324 g/mol. The zero-order chi connectivity index (χ0) is 16.9. The van der Waals surface area contributed by atoms with Crippen molar-refractivity contribution in [2.45, 2.75) is 12.8 Å². The fourth-order valence-corrected chi connectivity index (χ4v) is 3.68. The van der Waals surface area contributed by atoms with Crippen LogP contribution in [0.5, 0.6) is 0 Å². The molecule has 6 heteroatoms. The largest absolute Gasteiger partial charge is 0.477 e. The maximum atomic E-state index is 12.5. The molecule has 2 aromatic rings. The van der Waals surface area contributed by atoms with E-state index in [1.807, 2.05) is 23.1 Å². The fraction of sp³-hybridized carbons (Fsp3) is 0.333. The Kier molecular flexibility index (Phi) is 5.15. The second-order valence-corrected chi connectivity index (χ2v) is 6.77. The Balaban J connectivity index is 1.59. The number of benzene rings is 1. The van der Waals surface area contributed by atoms with Crippen LogP contribution in [0.3, 0.4) is 0 Å². The van der Waals surface area contributed by atoms with Crippen molar-refractivity contribution in [3.8, 4) is 0 Å². The third-order valence-electron chi connectivity index (χ3n) is 4.19. The summed E-state index contributed by atoms with van der Waals surface area (Å²) in [4.78, 5) is 27.9. The second kappa shape index (κ2) is 7.49. The van der Waals surface area contributed by atoms with Gasteiger partial charge in [-0.05, 0) is 35.6 Å². The minimum Gasteiger partial charge on any atom is -0.477 e. The molecular formula is C18H20N2O3S. The minimum atomic E-state index is -0.938. The highest BCUT2D eigenvalue weighted by Gasteiger charge is 2.20. The van der Waals surface area contributed by atoms with E-state index in [0.29, 0.717) is 6.54 Å². The van der Waals surface area contributed by atoms with Gasteiger partial charge in [-0.2, -0.15) is 0 Å². The highest BCUT2D eigenvalue weighted by Crippen LogP contribution is 2.18. The van der Waals surface area contributed by atoms with Crippen molar-refractivity contribution in [3.63, 3.8) is 0 Å². The lowest BCUT2D eigenvalue weighted by atomic mass is 10.2. The number of carboxylic acids is 1. The summed E-state index contributed by atoms with van der Waals surface area (Å²) in [6, 6.07) is 11.8. The molecule has 0 spiro atoms. The first-order valence-corrected chi connectivity index (χ1v) is 8.90. The highest BCUT2D eigenvalue weighted by molar-refractivity contribution is 7.12. The molecule has 1 aromatic carbocycles. The zero-order valence-electron chi connectivity index (χ0n) is 13.4. The van der Waals surface area contributed by atoms with Crippen molar-refractivity contribution in [1.29, 1.82) is 0 Å². The van der Waals surface area contributed by atoms with Crippen LogP contribution in [0.2, 0.25) is 0 Å². The van der Waals surface area contributed by atoms with Crippen LogP contribution in [0, 0.1) is 0 Å². The number of hydrogen-bond donors (Lipinski definition) is 1. The first-order valence-electron chi connectivity index (χ1n) is 8.02. The van der Waals surface area contributed by atoms with Gasteiger partial charge in [0.05, 0.1) is 6.42 Å². The molecule has 3 rings (SSSR count). The molecule has 1 saturated heterocycles. The van der Waals surface area contributed by atoms with Crippen LogP contribution in [0.25, 0.3) is 0 Å². The molecule has 0 aliphatic carbocycles. The van der Waals surface area contributed by atoms with Crippen molar-refractivity contribution >= 4 is 28.9 Å². The predicted molar refractivity (Wildman–Crippen MR) is 94.8 cm³/mol. The second-order valence-electron chi connectivity index (χ2n) is 5.86. The van der Waals surface area contributed by atoms with Gasteiger partial charge in [-0.25, -0.2) is 4.79 Å². The van der Waals surface area contributed by atoms with E-state index in [0.717, 1.165) is 31.6 Å². The molecule has 0 saturated carbocycles. The number of carbonyl (C=O) groups excluding carboxylic acids is 1. The van der Waals surface area contributed by atoms with Crippen molar-refractivity contribution in [2.24, 2.45) is 0 Å². The Labute approximate surface area is 145 Å². The van der Waals surface area contributed by atoms with Gasteiger partial charge >= 0.3 is 5.97 Å². The summed E-state index contributed by atoms with van der Waals surface area (Å²) in [5.74, 6) is -0.869. The van der Waals surface area contributed by atoms with Gasteiger partial charge in [-0.3, -0.25) is 4.79 Å². The van der Waals surface area contributed by atoms with Crippen LogP contribution in [-0.4, -0.2) is 48.1 Å². The lowest BCUT2D eigenvalue weighted by molar-refractivity contribution is -0.130. The molecule has 1 aromatic heterocycles. The van der Waals surface area contributed by atoms with E-state index in [-0.39, 0.29) is 17.2 Å². The Morgan fingerprint density at radius 2 is 1.88 bits per heavy atom. The smallest absolute Gasteiger partial charge is 0.345 e. The summed E-state index contributed by atoms with van der Waals surface area (Å²) in [7, 11) is 0. The Morgan fingerprint density at radius 1 is 1.08 bits per heavy atom. The van der Waals surface area contributed by atoms with Gasteiger partial charge < -0.3 is 14.9 Å². The Morgan fingerprint density at radius 3 is 2.58 bits per heavy atom. The number of carbonyl (C=O) groups is 2. The van der Waals surface area contributed by atoms with E-state index in [9.17, 15) is 9.59 Å². The van der Waals surface area contributed by atoms with E-state index in [4.69, 9.17) is 5.11 Å². The topological polar surface area (TPSA) is 60.9 Å². The molecule has 2 heterocycles. The zero-order valence-corrected chi connectivity index (χ0v) is 14.2. The fourth-order valence-electron chi connectivity index (χ4n) is 2.93. The molecule has 126 valence electrons. The van der Waals surface area contributed by atoms with E-state index in [2.05, 4.69) is 17.0 Å². The average Bonchev–Trinajstić information content (AvgIpc) is 2.91. The lowest BCUT2D eigenvalue weighted by Gasteiger charge is -2.23. The summed E-state index contributed by atoms with van der Waals surface area (Å²) < 4.78 is 0. The number of rotatable bonds is 4. The number of hydrogen-bond acceptors (Lipinski definition) is 4. The van der Waals surface area contributed by atoms with Crippen molar-refractivity contribution < 1.29 is 14.7 Å². The van der Waals surface area contributed by atoms with E-state index in [1.54, 1.807) is 11.4 Å². The number of thiophene rings is 1. The Hall–Kier alpha value is -2.34. The number of aromatic carboxylic acids is 1. The van der Waals surface area contributed by atoms with Gasteiger partial charge in [0.1, 0.15) is 4.88 Å². The van der Waals surface area contributed by atoms with Gasteiger partial charge in [-0.1, -0.05) is 18.2 Å². The normalized spacial score (nSPS) is 15.2. The van der Waals surface area contributed by atoms with Gasteiger partial charge in [0.15, 0.2) is 0 Å². The van der Waals surface area contributed by atoms with Crippen LogP contribution in [-0.2, 0) is 11.2 Å². The van der Waals surface area contributed by atoms with E-state index >= 15 is 0 Å². The molecule has 1 aliphatic heterocycles. The first kappa shape index (κ1) is 16.5. The summed E-state index contributed by atoms with van der Waals surface area (Å²) >= 11 is 1.17. The van der Waals surface area contributed by atoms with Crippen molar-refractivity contribution in [3.05, 3.63) is 52.2 Å². The highest BCUT2D eigenvalue weighted by atomic mass is 32.1. The third-order valence-corrected chi connectivity index (χ3v) is 5.16.